The average Bonchev–Trinajstić information content (AvgIpc) is 4.12. The summed E-state index contributed by atoms with van der Waals surface area (Å²) in [7, 11) is 1.56. The lowest BCUT2D eigenvalue weighted by Crippen LogP contribution is -2.57. The predicted octanol–water partition coefficient (Wildman–Crippen LogP) is 8.13. The largest absolute Gasteiger partial charge is 0.481 e. The molecule has 0 radical (unpaired) electrons. The quantitative estimate of drug-likeness (QED) is 0.0996. The minimum absolute atomic E-state index is 0.0341. The number of ether oxygens (including phenoxy) is 4. The first-order valence-corrected chi connectivity index (χ1v) is 25.5. The van der Waals surface area contributed by atoms with Crippen LogP contribution in [0.1, 0.15) is 97.3 Å². The number of carboxylic acids is 1. The number of aryl methyl sites for hydroxylation is 1. The Morgan fingerprint density at radius 1 is 0.972 bits per heavy atom. The Kier molecular flexibility index (Phi) is 13.5. The summed E-state index contributed by atoms with van der Waals surface area (Å²) in [5.41, 5.74) is 1.09. The summed E-state index contributed by atoms with van der Waals surface area (Å²) in [6, 6.07) is 11.8. The van der Waals surface area contributed by atoms with Crippen molar-refractivity contribution >= 4 is 45.4 Å². The lowest BCUT2D eigenvalue weighted by Gasteiger charge is -2.42. The third kappa shape index (κ3) is 9.54. The van der Waals surface area contributed by atoms with Crippen molar-refractivity contribution in [2.24, 2.45) is 5.92 Å². The first-order valence-electron chi connectivity index (χ1n) is 25.5. The van der Waals surface area contributed by atoms with Gasteiger partial charge in [-0.1, -0.05) is 44.1 Å². The Bertz CT molecular complexity index is 2760. The van der Waals surface area contributed by atoms with Crippen molar-refractivity contribution < 1.29 is 42.6 Å². The monoisotopic (exact) mass is 978 g/mol. The number of halogens is 1. The SMILES string of the molecule is CCc1cccc2cc(OCOC)cc(-c3ncc4c(N5CC6CCC(C5)N6C(=O)OC(C)(C)C)nc(OC[C@@]56CCCN5[C@H](CN5CCN(c7cc(C(C(=O)O)C(C)C)on7)CC5)CC6)nc4c3F)c12. The first kappa shape index (κ1) is 48.8. The van der Waals surface area contributed by atoms with Crippen LogP contribution in [0.4, 0.5) is 20.8 Å². The van der Waals surface area contributed by atoms with Gasteiger partial charge in [-0.05, 0) is 107 Å². The molecule has 0 spiro atoms. The summed E-state index contributed by atoms with van der Waals surface area (Å²) >= 11 is 0. The summed E-state index contributed by atoms with van der Waals surface area (Å²) in [4.78, 5) is 51.7. The minimum atomic E-state index is -0.909. The van der Waals surface area contributed by atoms with Gasteiger partial charge in [0.15, 0.2) is 24.2 Å². The van der Waals surface area contributed by atoms with Crippen LogP contribution < -0.4 is 19.3 Å². The van der Waals surface area contributed by atoms with Gasteiger partial charge in [0.25, 0.3) is 0 Å². The molecule has 18 heteroatoms. The summed E-state index contributed by atoms with van der Waals surface area (Å²) < 4.78 is 47.1. The maximum atomic E-state index is 17.8. The molecule has 10 rings (SSSR count). The van der Waals surface area contributed by atoms with Crippen LogP contribution in [0.15, 0.2) is 47.1 Å². The van der Waals surface area contributed by atoms with E-state index in [0.717, 1.165) is 101 Å². The van der Waals surface area contributed by atoms with Crippen LogP contribution in [0.25, 0.3) is 32.9 Å². The minimum Gasteiger partial charge on any atom is -0.481 e. The van der Waals surface area contributed by atoms with E-state index in [0.29, 0.717) is 59.8 Å². The number of carbonyl (C=O) groups excluding carboxylic acids is 1. The molecule has 5 aliphatic rings. The number of anilines is 2. The Labute approximate surface area is 414 Å². The Balaban J connectivity index is 0.920. The molecule has 0 saturated carbocycles. The molecule has 3 unspecified atom stereocenters. The van der Waals surface area contributed by atoms with E-state index in [2.05, 4.69) is 37.7 Å². The second kappa shape index (κ2) is 19.6. The molecule has 5 saturated heterocycles. The standard InChI is InChI=1S/C53H68FN9O8/c1-8-33-11-9-12-34-23-38(69-31-67-7)24-39(44(33)34)46-45(54)47-40(26-55-46)48(61-28-36-13-14-37(29-61)63(36)51(66)70-52(4,5)6)57-50(56-47)68-30-53-16-10-18-62(53)35(15-17-53)27-59-19-21-60(22-20-59)42-25-41(71-58-42)43(32(2)3)49(64)65/h9,11-12,23-26,32,35-37,43H,8,10,13-22,27-31H2,1-7H3,(H,64,65)/t35-,36?,37?,43?,53-/m0/s1. The van der Waals surface area contributed by atoms with Crippen molar-refractivity contribution in [2.45, 2.75) is 122 Å². The van der Waals surface area contributed by atoms with E-state index in [-0.39, 0.29) is 53.6 Å². The molecule has 5 aliphatic heterocycles. The van der Waals surface area contributed by atoms with E-state index in [4.69, 9.17) is 38.4 Å². The van der Waals surface area contributed by atoms with Crippen LogP contribution in [0.5, 0.6) is 11.8 Å². The van der Waals surface area contributed by atoms with E-state index in [9.17, 15) is 14.7 Å². The highest BCUT2D eigenvalue weighted by Gasteiger charge is 2.51. The Hall–Kier alpha value is -5.85. The molecule has 2 aromatic carbocycles. The van der Waals surface area contributed by atoms with E-state index >= 15 is 4.39 Å². The number of aliphatic carboxylic acids is 1. The topological polar surface area (TPSA) is 172 Å². The van der Waals surface area contributed by atoms with Gasteiger partial charge in [-0.2, -0.15) is 9.97 Å². The summed E-state index contributed by atoms with van der Waals surface area (Å²) in [6.45, 7) is 18.0. The molecule has 0 aliphatic carbocycles. The molecule has 17 nitrogen and oxygen atoms in total. The highest BCUT2D eigenvalue weighted by atomic mass is 19.1. The van der Waals surface area contributed by atoms with Gasteiger partial charge in [-0.15, -0.1) is 0 Å². The van der Waals surface area contributed by atoms with Crippen molar-refractivity contribution in [1.82, 2.24) is 34.8 Å². The zero-order chi connectivity index (χ0) is 49.8. The maximum absolute atomic E-state index is 17.8. The highest BCUT2D eigenvalue weighted by molar-refractivity contribution is 6.01. The van der Waals surface area contributed by atoms with E-state index in [1.807, 2.05) is 63.8 Å². The van der Waals surface area contributed by atoms with Crippen LogP contribution in [-0.4, -0.2) is 154 Å². The van der Waals surface area contributed by atoms with Crippen LogP contribution >= 0.6 is 0 Å². The molecule has 5 fully saturated rings. The first-order chi connectivity index (χ1) is 34.1. The molecule has 380 valence electrons. The van der Waals surface area contributed by atoms with Crippen LogP contribution in [0, 0.1) is 11.7 Å². The lowest BCUT2D eigenvalue weighted by molar-refractivity contribution is -0.140. The second-order valence-electron chi connectivity index (χ2n) is 21.5. The lowest BCUT2D eigenvalue weighted by atomic mass is 9.93. The number of pyridine rings is 1. The zero-order valence-electron chi connectivity index (χ0n) is 42.2. The molecule has 5 aromatic rings. The van der Waals surface area contributed by atoms with Crippen molar-refractivity contribution in [3.05, 3.63) is 59.7 Å². The van der Waals surface area contributed by atoms with Gasteiger partial charge in [0.1, 0.15) is 40.9 Å². The number of nitrogens with zero attached hydrogens (tertiary/aromatic N) is 9. The smallest absolute Gasteiger partial charge is 0.410 e. The third-order valence-electron chi connectivity index (χ3n) is 15.5. The molecular formula is C53H68FN9O8. The van der Waals surface area contributed by atoms with Gasteiger partial charge in [0.2, 0.25) is 0 Å². The number of fused-ring (bicyclic) bond motifs is 5. The Morgan fingerprint density at radius 3 is 2.45 bits per heavy atom. The molecule has 71 heavy (non-hydrogen) atoms. The number of benzene rings is 2. The molecule has 5 atom stereocenters. The third-order valence-corrected chi connectivity index (χ3v) is 15.5. The van der Waals surface area contributed by atoms with E-state index < -0.39 is 23.3 Å². The molecule has 1 N–H and O–H groups in total. The van der Waals surface area contributed by atoms with Crippen LogP contribution in [0.2, 0.25) is 0 Å². The fourth-order valence-corrected chi connectivity index (χ4v) is 12.1. The number of rotatable bonds is 15. The molecular weight excluding hydrogens is 910 g/mol. The Morgan fingerprint density at radius 2 is 1.75 bits per heavy atom. The number of piperazine rings is 2. The zero-order valence-corrected chi connectivity index (χ0v) is 42.2. The summed E-state index contributed by atoms with van der Waals surface area (Å²) in [5, 5.41) is 16.3. The highest BCUT2D eigenvalue weighted by Crippen LogP contribution is 2.45. The van der Waals surface area contributed by atoms with E-state index in [1.54, 1.807) is 19.4 Å². The van der Waals surface area contributed by atoms with Crippen LogP contribution in [0.3, 0.4) is 0 Å². The predicted molar refractivity (Wildman–Crippen MR) is 267 cm³/mol. The van der Waals surface area contributed by atoms with Gasteiger partial charge in [-0.3, -0.25) is 24.5 Å². The van der Waals surface area contributed by atoms with E-state index in [1.165, 1.54) is 0 Å². The van der Waals surface area contributed by atoms with Gasteiger partial charge < -0.3 is 38.4 Å². The fraction of sp³-hybridized carbons (Fsp3) is 0.585. The van der Waals surface area contributed by atoms with Crippen LogP contribution in [-0.2, 0) is 20.7 Å². The number of hydrogen-bond acceptors (Lipinski definition) is 15. The maximum Gasteiger partial charge on any atom is 0.410 e. The number of carbonyl (C=O) groups is 2. The summed E-state index contributed by atoms with van der Waals surface area (Å²) in [5.74, 6) is -0.194. The average molecular weight is 978 g/mol. The number of carboxylic acid groups (broad SMARTS) is 1. The van der Waals surface area contributed by atoms with Gasteiger partial charge in [0.05, 0.1) is 23.0 Å². The summed E-state index contributed by atoms with van der Waals surface area (Å²) in [6.07, 6.45) is 7.77. The van der Waals surface area contributed by atoms with Gasteiger partial charge in [0, 0.05) is 76.8 Å². The second-order valence-corrected chi connectivity index (χ2v) is 21.5. The number of hydrogen-bond donors (Lipinski definition) is 1. The van der Waals surface area contributed by atoms with Crippen molar-refractivity contribution in [3.8, 4) is 23.0 Å². The number of methoxy groups -OCH3 is 1. The van der Waals surface area contributed by atoms with Crippen molar-refractivity contribution in [1.29, 1.82) is 0 Å². The molecule has 2 bridgehead atoms. The normalized spacial score (nSPS) is 23.3. The van der Waals surface area contributed by atoms with Gasteiger partial charge >= 0.3 is 18.1 Å². The number of amides is 1. The molecule has 8 heterocycles. The van der Waals surface area contributed by atoms with Crippen molar-refractivity contribution in [2.75, 3.05) is 82.7 Å². The fourth-order valence-electron chi connectivity index (χ4n) is 12.1. The van der Waals surface area contributed by atoms with Crippen molar-refractivity contribution in [3.63, 3.8) is 0 Å². The molecule has 1 amide bonds. The van der Waals surface area contributed by atoms with Gasteiger partial charge in [-0.25, -0.2) is 9.18 Å². The molecule has 3 aromatic heterocycles. The number of aromatic nitrogens is 4.